The van der Waals surface area contributed by atoms with E-state index >= 15 is 0 Å². The molecule has 1 fully saturated rings. The number of hydrogen-bond acceptors (Lipinski definition) is 5. The van der Waals surface area contributed by atoms with E-state index in [1.165, 1.54) is 16.7 Å². The van der Waals surface area contributed by atoms with Crippen molar-refractivity contribution in [2.24, 2.45) is 0 Å². The highest BCUT2D eigenvalue weighted by molar-refractivity contribution is 6.31. The fraction of sp³-hybridized carbons (Fsp3) is 0.548. The van der Waals surface area contributed by atoms with Gasteiger partial charge in [-0.15, -0.1) is 0 Å². The topological polar surface area (TPSA) is 65.1 Å². The Balaban J connectivity index is 1.56. The number of ketones is 1. The first kappa shape index (κ1) is 30.1. The van der Waals surface area contributed by atoms with Crippen LogP contribution in [0.2, 0.25) is 5.02 Å². The molecule has 2 aromatic rings. The molecule has 0 aliphatic carbocycles. The summed E-state index contributed by atoms with van der Waals surface area (Å²) < 4.78 is 17.6. The number of benzene rings is 2. The Morgan fingerprint density at radius 1 is 1.05 bits per heavy atom. The van der Waals surface area contributed by atoms with Gasteiger partial charge in [-0.1, -0.05) is 41.9 Å². The average molecular weight is 544 g/mol. The van der Waals surface area contributed by atoms with E-state index in [0.29, 0.717) is 23.6 Å². The molecule has 2 aromatic carbocycles. The lowest BCUT2D eigenvalue weighted by Gasteiger charge is -2.40. The minimum absolute atomic E-state index is 0.0778. The summed E-state index contributed by atoms with van der Waals surface area (Å²) in [5.41, 5.74) is 3.04. The largest absolute Gasteiger partial charge is 0.444 e. The van der Waals surface area contributed by atoms with Gasteiger partial charge in [-0.25, -0.2) is 4.79 Å². The molecule has 1 aliphatic heterocycles. The highest BCUT2D eigenvalue weighted by Gasteiger charge is 2.53. The predicted octanol–water partition coefficient (Wildman–Crippen LogP) is 7.44. The zero-order valence-corrected chi connectivity index (χ0v) is 24.8. The Morgan fingerprint density at radius 2 is 1.76 bits per heavy atom. The van der Waals surface area contributed by atoms with Crippen molar-refractivity contribution in [2.75, 3.05) is 13.2 Å². The van der Waals surface area contributed by atoms with Crippen molar-refractivity contribution in [3.05, 3.63) is 69.2 Å². The van der Waals surface area contributed by atoms with Crippen LogP contribution in [-0.2, 0) is 27.2 Å². The molecule has 7 heteroatoms. The monoisotopic (exact) mass is 543 g/mol. The molecule has 0 radical (unpaired) electrons. The fourth-order valence-corrected chi connectivity index (χ4v) is 4.98. The van der Waals surface area contributed by atoms with E-state index in [4.69, 9.17) is 25.8 Å². The molecule has 6 nitrogen and oxygen atoms in total. The van der Waals surface area contributed by atoms with Gasteiger partial charge in [0.2, 0.25) is 0 Å². The summed E-state index contributed by atoms with van der Waals surface area (Å²) in [6.45, 7) is 16.1. The van der Waals surface area contributed by atoms with E-state index in [0.717, 1.165) is 18.4 Å². The molecule has 208 valence electrons. The smallest absolute Gasteiger partial charge is 0.413 e. The number of hydrogen-bond donors (Lipinski definition) is 0. The summed E-state index contributed by atoms with van der Waals surface area (Å²) in [5.74, 6) is 0.0778. The maximum absolute atomic E-state index is 13.0. The van der Waals surface area contributed by atoms with E-state index in [1.54, 1.807) is 17.0 Å². The molecule has 0 N–H and O–H groups in total. The van der Waals surface area contributed by atoms with Crippen LogP contribution >= 0.6 is 11.6 Å². The summed E-state index contributed by atoms with van der Waals surface area (Å²) in [6.07, 6.45) is 1.68. The molecule has 0 saturated carbocycles. The Labute approximate surface area is 232 Å². The Hall–Kier alpha value is -2.41. The number of carbonyl (C=O) groups is 2. The zero-order valence-electron chi connectivity index (χ0n) is 24.1. The van der Waals surface area contributed by atoms with Gasteiger partial charge in [0, 0.05) is 17.0 Å². The van der Waals surface area contributed by atoms with Crippen molar-refractivity contribution < 1.29 is 23.8 Å². The first-order chi connectivity index (χ1) is 17.6. The van der Waals surface area contributed by atoms with Crippen molar-refractivity contribution in [1.82, 2.24) is 4.90 Å². The molecule has 0 bridgehead atoms. The number of aryl methyl sites for hydroxylation is 3. The van der Waals surface area contributed by atoms with Gasteiger partial charge < -0.3 is 14.2 Å². The normalized spacial score (nSPS) is 19.0. The fourth-order valence-electron chi connectivity index (χ4n) is 4.74. The summed E-state index contributed by atoms with van der Waals surface area (Å²) in [4.78, 5) is 27.4. The third-order valence-corrected chi connectivity index (χ3v) is 7.23. The van der Waals surface area contributed by atoms with Crippen LogP contribution in [0.15, 0.2) is 36.4 Å². The van der Waals surface area contributed by atoms with Crippen LogP contribution in [0.1, 0.15) is 87.0 Å². The van der Waals surface area contributed by atoms with Gasteiger partial charge in [0.15, 0.2) is 5.78 Å². The standard InChI is InChI=1S/C31H42ClNO5/c1-21-12-13-23(16-22(21)2)10-9-11-27(34)24-14-15-25(26(32)17-24)18-36-19-31(8)20-37-30(6,7)33(31)28(35)38-29(3,4)5/h12-17H,9-11,18-20H2,1-8H3/t31-/m1/s1. The molecule has 0 aromatic heterocycles. The minimum Gasteiger partial charge on any atom is -0.444 e. The van der Waals surface area contributed by atoms with Crippen LogP contribution in [0.5, 0.6) is 0 Å². The van der Waals surface area contributed by atoms with Crippen LogP contribution in [0.25, 0.3) is 0 Å². The van der Waals surface area contributed by atoms with E-state index in [9.17, 15) is 9.59 Å². The first-order valence-electron chi connectivity index (χ1n) is 13.2. The van der Waals surface area contributed by atoms with Crippen molar-refractivity contribution in [1.29, 1.82) is 0 Å². The first-order valence-corrected chi connectivity index (χ1v) is 13.6. The molecule has 0 unspecified atom stereocenters. The van der Waals surface area contributed by atoms with Crippen LogP contribution in [0.3, 0.4) is 0 Å². The zero-order chi connectivity index (χ0) is 28.3. The molecule has 0 spiro atoms. The van der Waals surface area contributed by atoms with Gasteiger partial charge in [0.25, 0.3) is 0 Å². The van der Waals surface area contributed by atoms with Gasteiger partial charge >= 0.3 is 6.09 Å². The third-order valence-electron chi connectivity index (χ3n) is 6.88. The Bertz CT molecular complexity index is 1170. The van der Waals surface area contributed by atoms with Gasteiger partial charge in [0.05, 0.1) is 25.4 Å². The molecule has 1 aliphatic rings. The molecular formula is C31H42ClNO5. The van der Waals surface area contributed by atoms with Gasteiger partial charge in [-0.3, -0.25) is 9.69 Å². The van der Waals surface area contributed by atoms with Crippen molar-refractivity contribution in [3.63, 3.8) is 0 Å². The number of ether oxygens (including phenoxy) is 3. The van der Waals surface area contributed by atoms with Crippen LogP contribution in [0, 0.1) is 13.8 Å². The Kier molecular flexibility index (Phi) is 9.33. The molecule has 1 amide bonds. The SMILES string of the molecule is Cc1ccc(CCCC(=O)c2ccc(COC[C@]3(C)COC(C)(C)N3C(=O)OC(C)(C)C)c(Cl)c2)cc1C. The van der Waals surface area contributed by atoms with E-state index in [-0.39, 0.29) is 19.0 Å². The molecule has 1 atom stereocenters. The second-order valence-electron chi connectivity index (χ2n) is 12.0. The Morgan fingerprint density at radius 3 is 2.39 bits per heavy atom. The lowest BCUT2D eigenvalue weighted by Crippen LogP contribution is -2.57. The minimum atomic E-state index is -0.821. The van der Waals surface area contributed by atoms with Crippen molar-refractivity contribution in [2.45, 2.75) is 98.1 Å². The number of carbonyl (C=O) groups excluding carboxylic acids is 2. The lowest BCUT2D eigenvalue weighted by molar-refractivity contribution is -0.0752. The van der Waals surface area contributed by atoms with Gasteiger partial charge in [-0.05, 0) is 96.6 Å². The van der Waals surface area contributed by atoms with Crippen LogP contribution < -0.4 is 0 Å². The van der Waals surface area contributed by atoms with Crippen molar-refractivity contribution in [3.8, 4) is 0 Å². The van der Waals surface area contributed by atoms with E-state index in [2.05, 4.69) is 32.0 Å². The number of amides is 1. The number of Topliss-reactive ketones (excluding diaryl/α,β-unsaturated/α-hetero) is 1. The summed E-state index contributed by atoms with van der Waals surface area (Å²) in [7, 11) is 0. The summed E-state index contributed by atoms with van der Waals surface area (Å²) in [6, 6.07) is 11.8. The highest BCUT2D eigenvalue weighted by Crippen LogP contribution is 2.37. The predicted molar refractivity (Wildman–Crippen MR) is 151 cm³/mol. The van der Waals surface area contributed by atoms with Crippen LogP contribution in [0.4, 0.5) is 4.79 Å². The van der Waals surface area contributed by atoms with Crippen molar-refractivity contribution >= 4 is 23.5 Å². The lowest BCUT2D eigenvalue weighted by atomic mass is 9.99. The number of nitrogens with zero attached hydrogens (tertiary/aromatic N) is 1. The maximum Gasteiger partial charge on any atom is 0.413 e. The summed E-state index contributed by atoms with van der Waals surface area (Å²) >= 11 is 6.52. The number of rotatable bonds is 9. The maximum atomic E-state index is 13.0. The van der Waals surface area contributed by atoms with Crippen LogP contribution in [-0.4, -0.2) is 46.9 Å². The molecular weight excluding hydrogens is 502 g/mol. The molecule has 3 rings (SSSR count). The molecule has 38 heavy (non-hydrogen) atoms. The highest BCUT2D eigenvalue weighted by atomic mass is 35.5. The quantitative estimate of drug-likeness (QED) is 0.307. The van der Waals surface area contributed by atoms with Gasteiger partial charge in [-0.2, -0.15) is 0 Å². The average Bonchev–Trinajstić information content (AvgIpc) is 3.04. The van der Waals surface area contributed by atoms with Gasteiger partial charge in [0.1, 0.15) is 11.3 Å². The van der Waals surface area contributed by atoms with E-state index < -0.39 is 23.0 Å². The second-order valence-corrected chi connectivity index (χ2v) is 12.4. The number of halogens is 1. The van der Waals surface area contributed by atoms with E-state index in [1.807, 2.05) is 47.6 Å². The second kappa shape index (κ2) is 11.8. The third kappa shape index (κ3) is 7.58. The molecule has 1 saturated heterocycles. The summed E-state index contributed by atoms with van der Waals surface area (Å²) in [5, 5.41) is 0.488. The molecule has 1 heterocycles.